The Hall–Kier alpha value is -1.41. The van der Waals surface area contributed by atoms with E-state index < -0.39 is 0 Å². The van der Waals surface area contributed by atoms with Gasteiger partial charge >= 0.3 is 0 Å². The van der Waals surface area contributed by atoms with Gasteiger partial charge in [0.25, 0.3) is 0 Å². The summed E-state index contributed by atoms with van der Waals surface area (Å²) in [7, 11) is 0. The van der Waals surface area contributed by atoms with Crippen LogP contribution in [0.1, 0.15) is 0 Å². The highest BCUT2D eigenvalue weighted by molar-refractivity contribution is 6.33. The predicted octanol–water partition coefficient (Wildman–Crippen LogP) is 3.18. The lowest BCUT2D eigenvalue weighted by atomic mass is 10.1. The average Bonchev–Trinajstić information content (AvgIpc) is 2.52. The molecule has 2 rings (SSSR count). The highest BCUT2D eigenvalue weighted by atomic mass is 35.5. The largest absolute Gasteiger partial charge is 0.462 e. The van der Waals surface area contributed by atoms with Gasteiger partial charge in [-0.25, -0.2) is 0 Å². The molecule has 1 heterocycles. The van der Waals surface area contributed by atoms with Crippen LogP contribution in [0.3, 0.4) is 0 Å². The molecular weight excluding hydrogens is 186 g/mol. The molecule has 3 heteroatoms. The number of hydrogen-bond donors (Lipinski definition) is 1. The molecule has 0 unspecified atom stereocenters. The van der Waals surface area contributed by atoms with Gasteiger partial charge in [0.15, 0.2) is 5.76 Å². The molecule has 0 atom stereocenters. The van der Waals surface area contributed by atoms with Crippen molar-refractivity contribution in [1.82, 2.24) is 0 Å². The van der Waals surface area contributed by atoms with Crippen molar-refractivity contribution >= 4 is 17.3 Å². The third kappa shape index (κ3) is 1.40. The Morgan fingerprint density at radius 2 is 1.92 bits per heavy atom. The summed E-state index contributed by atoms with van der Waals surface area (Å²) in [6, 6.07) is 9.14. The first-order chi connectivity index (χ1) is 6.29. The summed E-state index contributed by atoms with van der Waals surface area (Å²) in [6.07, 6.45) is 1.55. The van der Waals surface area contributed by atoms with Crippen molar-refractivity contribution in [2.24, 2.45) is 0 Å². The second-order valence-electron chi connectivity index (χ2n) is 2.68. The van der Waals surface area contributed by atoms with Gasteiger partial charge in [-0.05, 0) is 12.1 Å². The molecule has 0 bridgehead atoms. The minimum Gasteiger partial charge on any atom is -0.462 e. The first kappa shape index (κ1) is 8.20. The van der Waals surface area contributed by atoms with Gasteiger partial charge in [0.2, 0.25) is 0 Å². The van der Waals surface area contributed by atoms with E-state index in [0.717, 1.165) is 5.56 Å². The highest BCUT2D eigenvalue weighted by Crippen LogP contribution is 2.32. The summed E-state index contributed by atoms with van der Waals surface area (Å²) in [5.41, 5.74) is 7.12. The van der Waals surface area contributed by atoms with Crippen LogP contribution in [-0.4, -0.2) is 0 Å². The van der Waals surface area contributed by atoms with E-state index in [4.69, 9.17) is 21.8 Å². The molecule has 2 nitrogen and oxygen atoms in total. The predicted molar refractivity (Wildman–Crippen MR) is 53.6 cm³/mol. The molecule has 0 aliphatic carbocycles. The Morgan fingerprint density at radius 1 is 1.15 bits per heavy atom. The fourth-order valence-corrected chi connectivity index (χ4v) is 1.40. The molecule has 0 radical (unpaired) electrons. The Labute approximate surface area is 80.9 Å². The molecule has 0 amide bonds. The van der Waals surface area contributed by atoms with Gasteiger partial charge in [0.1, 0.15) is 0 Å². The third-order valence-corrected chi connectivity index (χ3v) is 2.14. The maximum Gasteiger partial charge on any atom is 0.158 e. The minimum absolute atomic E-state index is 0.605. The Kier molecular flexibility index (Phi) is 1.99. The Morgan fingerprint density at radius 3 is 2.54 bits per heavy atom. The van der Waals surface area contributed by atoms with Gasteiger partial charge < -0.3 is 10.2 Å². The van der Waals surface area contributed by atoms with Crippen LogP contribution >= 0.6 is 11.6 Å². The number of furan rings is 1. The molecule has 0 aliphatic rings. The zero-order valence-corrected chi connectivity index (χ0v) is 7.58. The molecule has 13 heavy (non-hydrogen) atoms. The number of anilines is 1. The number of halogens is 1. The van der Waals surface area contributed by atoms with Gasteiger partial charge in [0.05, 0.1) is 17.0 Å². The van der Waals surface area contributed by atoms with Crippen molar-refractivity contribution in [3.8, 4) is 11.3 Å². The zero-order chi connectivity index (χ0) is 9.26. The van der Waals surface area contributed by atoms with E-state index in [9.17, 15) is 0 Å². The normalized spacial score (nSPS) is 10.2. The molecule has 0 saturated carbocycles. The lowest BCUT2D eigenvalue weighted by molar-refractivity contribution is 0.583. The summed E-state index contributed by atoms with van der Waals surface area (Å²) in [4.78, 5) is 0. The van der Waals surface area contributed by atoms with Crippen LogP contribution in [-0.2, 0) is 0 Å². The minimum atomic E-state index is 0.605. The molecule has 2 N–H and O–H groups in total. The number of benzene rings is 1. The standard InChI is InChI=1S/C10H8ClNO/c11-8-4-2-1-3-7(8)10-9(12)5-6-13-10/h1-6H,12H2. The quantitative estimate of drug-likeness (QED) is 0.756. The van der Waals surface area contributed by atoms with Crippen LogP contribution in [0.4, 0.5) is 5.69 Å². The lowest BCUT2D eigenvalue weighted by Crippen LogP contribution is -1.84. The first-order valence-electron chi connectivity index (χ1n) is 3.87. The Balaban J connectivity index is 2.59. The topological polar surface area (TPSA) is 39.2 Å². The van der Waals surface area contributed by atoms with Crippen molar-refractivity contribution in [1.29, 1.82) is 0 Å². The van der Waals surface area contributed by atoms with Crippen LogP contribution in [0.5, 0.6) is 0 Å². The molecule has 0 aliphatic heterocycles. The van der Waals surface area contributed by atoms with Crippen LogP contribution in [0, 0.1) is 0 Å². The van der Waals surface area contributed by atoms with Gasteiger partial charge in [-0.15, -0.1) is 0 Å². The van der Waals surface area contributed by atoms with Crippen molar-refractivity contribution in [2.75, 3.05) is 5.73 Å². The number of rotatable bonds is 1. The smallest absolute Gasteiger partial charge is 0.158 e. The number of nitrogens with two attached hydrogens (primary N) is 1. The fourth-order valence-electron chi connectivity index (χ4n) is 1.18. The van der Waals surface area contributed by atoms with Crippen LogP contribution in [0.15, 0.2) is 41.0 Å². The summed E-state index contributed by atoms with van der Waals surface area (Å²) < 4.78 is 5.22. The second kappa shape index (κ2) is 3.15. The number of nitrogen functional groups attached to an aromatic ring is 1. The Bertz CT molecular complexity index is 422. The van der Waals surface area contributed by atoms with Gasteiger partial charge in [-0.1, -0.05) is 23.7 Å². The van der Waals surface area contributed by atoms with Crippen molar-refractivity contribution in [3.63, 3.8) is 0 Å². The molecule has 0 saturated heterocycles. The van der Waals surface area contributed by atoms with E-state index in [2.05, 4.69) is 0 Å². The first-order valence-corrected chi connectivity index (χ1v) is 4.24. The summed E-state index contributed by atoms with van der Waals surface area (Å²) >= 11 is 5.97. The van der Waals surface area contributed by atoms with Crippen molar-refractivity contribution < 1.29 is 4.42 Å². The molecule has 2 aromatic rings. The van der Waals surface area contributed by atoms with Gasteiger partial charge in [-0.3, -0.25) is 0 Å². The van der Waals surface area contributed by atoms with E-state index in [1.807, 2.05) is 18.2 Å². The van der Waals surface area contributed by atoms with Crippen LogP contribution in [0.2, 0.25) is 5.02 Å². The fraction of sp³-hybridized carbons (Fsp3) is 0. The molecular formula is C10H8ClNO. The van der Waals surface area contributed by atoms with Crippen molar-refractivity contribution in [2.45, 2.75) is 0 Å². The van der Waals surface area contributed by atoms with Crippen LogP contribution < -0.4 is 5.73 Å². The highest BCUT2D eigenvalue weighted by Gasteiger charge is 2.08. The van der Waals surface area contributed by atoms with Crippen LogP contribution in [0.25, 0.3) is 11.3 Å². The lowest BCUT2D eigenvalue weighted by Gasteiger charge is -2.00. The van der Waals surface area contributed by atoms with E-state index in [0.29, 0.717) is 16.5 Å². The molecule has 0 fully saturated rings. The van der Waals surface area contributed by atoms with E-state index >= 15 is 0 Å². The van der Waals surface area contributed by atoms with Crippen molar-refractivity contribution in [3.05, 3.63) is 41.6 Å². The summed E-state index contributed by atoms with van der Waals surface area (Å²) in [5, 5.41) is 0.643. The average molecular weight is 194 g/mol. The summed E-state index contributed by atoms with van der Waals surface area (Å²) in [6.45, 7) is 0. The molecule has 66 valence electrons. The van der Waals surface area contributed by atoms with E-state index in [1.54, 1.807) is 18.4 Å². The zero-order valence-electron chi connectivity index (χ0n) is 6.83. The number of hydrogen-bond acceptors (Lipinski definition) is 2. The summed E-state index contributed by atoms with van der Waals surface area (Å²) in [5.74, 6) is 0.630. The van der Waals surface area contributed by atoms with Gasteiger partial charge in [0, 0.05) is 11.6 Å². The monoisotopic (exact) mass is 193 g/mol. The van der Waals surface area contributed by atoms with E-state index in [-0.39, 0.29) is 0 Å². The van der Waals surface area contributed by atoms with E-state index in [1.165, 1.54) is 0 Å². The van der Waals surface area contributed by atoms with Gasteiger partial charge in [-0.2, -0.15) is 0 Å². The second-order valence-corrected chi connectivity index (χ2v) is 3.09. The third-order valence-electron chi connectivity index (χ3n) is 1.81. The SMILES string of the molecule is Nc1ccoc1-c1ccccc1Cl. The maximum absolute atomic E-state index is 5.97. The molecule has 1 aromatic heterocycles. The molecule has 1 aromatic carbocycles. The molecule has 0 spiro atoms. The maximum atomic E-state index is 5.97.